The van der Waals surface area contributed by atoms with Crippen LogP contribution >= 0.6 is 11.6 Å². The molecule has 128 valence electrons. The molecule has 1 aromatic carbocycles. The molecule has 1 N–H and O–H groups in total. The predicted molar refractivity (Wildman–Crippen MR) is 97.0 cm³/mol. The third-order valence-corrected chi connectivity index (χ3v) is 4.67. The summed E-state index contributed by atoms with van der Waals surface area (Å²) in [5.74, 6) is 2.21. The lowest BCUT2D eigenvalue weighted by molar-refractivity contribution is 0.409. The summed E-state index contributed by atoms with van der Waals surface area (Å²) in [6, 6.07) is 7.76. The lowest BCUT2D eigenvalue weighted by atomic mass is 9.96. The van der Waals surface area contributed by atoms with Gasteiger partial charge in [0.25, 0.3) is 0 Å². The number of hydrogen-bond acceptors (Lipinski definition) is 5. The number of aromatic nitrogens is 2. The molecule has 5 nitrogen and oxygen atoms in total. The van der Waals surface area contributed by atoms with E-state index < -0.39 is 0 Å². The summed E-state index contributed by atoms with van der Waals surface area (Å²) in [6.07, 6.45) is 4.03. The third-order valence-electron chi connectivity index (χ3n) is 4.43. The van der Waals surface area contributed by atoms with Crippen LogP contribution in [0.3, 0.4) is 0 Å². The normalized spacial score (nSPS) is 17.5. The van der Waals surface area contributed by atoms with Gasteiger partial charge in [-0.3, -0.25) is 0 Å². The van der Waals surface area contributed by atoms with Crippen molar-refractivity contribution in [3.05, 3.63) is 46.9 Å². The van der Waals surface area contributed by atoms with E-state index in [1.807, 2.05) is 25.2 Å². The van der Waals surface area contributed by atoms with Crippen molar-refractivity contribution in [1.29, 1.82) is 0 Å². The van der Waals surface area contributed by atoms with Gasteiger partial charge >= 0.3 is 0 Å². The fraction of sp³-hybridized carbons (Fsp3) is 0.444. The average Bonchev–Trinajstić information content (AvgIpc) is 2.63. The standard InChI is InChI=1S/C18H23ClN4O/c1-23(11-14-8-15(19)5-6-17(14)24-2)18-9-16(21-12-22-18)13-4-3-7-20-10-13/h5-6,8-9,12-13,20H,3-4,7,10-11H2,1-2H3/t13-/m0/s1. The molecule has 0 spiro atoms. The first kappa shape index (κ1) is 17.0. The van der Waals surface area contributed by atoms with E-state index in [4.69, 9.17) is 16.3 Å². The topological polar surface area (TPSA) is 50.3 Å². The fourth-order valence-corrected chi connectivity index (χ4v) is 3.30. The molecule has 1 atom stereocenters. The minimum absolute atomic E-state index is 0.467. The average molecular weight is 347 g/mol. The van der Waals surface area contributed by atoms with Crippen molar-refractivity contribution >= 4 is 17.4 Å². The number of rotatable bonds is 5. The number of nitrogens with zero attached hydrogens (tertiary/aromatic N) is 3. The molecular weight excluding hydrogens is 324 g/mol. The third kappa shape index (κ3) is 3.97. The molecule has 6 heteroatoms. The molecule has 3 rings (SSSR count). The van der Waals surface area contributed by atoms with Gasteiger partial charge in [0.15, 0.2) is 0 Å². The number of ether oxygens (including phenoxy) is 1. The number of hydrogen-bond donors (Lipinski definition) is 1. The molecule has 24 heavy (non-hydrogen) atoms. The first-order valence-corrected chi connectivity index (χ1v) is 8.61. The van der Waals surface area contributed by atoms with Gasteiger partial charge in [0.2, 0.25) is 0 Å². The van der Waals surface area contributed by atoms with E-state index in [0.717, 1.165) is 35.9 Å². The Bertz CT molecular complexity index is 688. The Kier molecular flexibility index (Phi) is 5.53. The van der Waals surface area contributed by atoms with Gasteiger partial charge in [-0.25, -0.2) is 9.97 Å². The quantitative estimate of drug-likeness (QED) is 0.900. The van der Waals surface area contributed by atoms with Gasteiger partial charge in [-0.2, -0.15) is 0 Å². The van der Waals surface area contributed by atoms with Crippen molar-refractivity contribution in [3.63, 3.8) is 0 Å². The zero-order valence-corrected chi connectivity index (χ0v) is 14.9. The van der Waals surface area contributed by atoms with Crippen molar-refractivity contribution in [2.45, 2.75) is 25.3 Å². The Labute approximate surface area is 148 Å². The maximum absolute atomic E-state index is 6.12. The van der Waals surface area contributed by atoms with Crippen LogP contribution < -0.4 is 15.0 Å². The lowest BCUT2D eigenvalue weighted by Crippen LogP contribution is -2.29. The van der Waals surface area contributed by atoms with Crippen molar-refractivity contribution in [2.75, 3.05) is 32.1 Å². The lowest BCUT2D eigenvalue weighted by Gasteiger charge is -2.24. The van der Waals surface area contributed by atoms with E-state index in [2.05, 4.69) is 26.3 Å². The Hall–Kier alpha value is -1.85. The Morgan fingerprint density at radius 3 is 2.96 bits per heavy atom. The Morgan fingerprint density at radius 1 is 1.33 bits per heavy atom. The smallest absolute Gasteiger partial charge is 0.132 e. The summed E-state index contributed by atoms with van der Waals surface area (Å²) < 4.78 is 5.43. The van der Waals surface area contributed by atoms with Gasteiger partial charge in [-0.1, -0.05) is 11.6 Å². The molecule has 0 amide bonds. The van der Waals surface area contributed by atoms with E-state index in [9.17, 15) is 0 Å². The number of piperidine rings is 1. The van der Waals surface area contributed by atoms with Crippen molar-refractivity contribution in [2.24, 2.45) is 0 Å². The molecule has 0 saturated carbocycles. The molecule has 0 radical (unpaired) electrons. The maximum Gasteiger partial charge on any atom is 0.132 e. The largest absolute Gasteiger partial charge is 0.496 e. The summed E-state index contributed by atoms with van der Waals surface area (Å²) in [7, 11) is 3.69. The van der Waals surface area contributed by atoms with Crippen LogP contribution in [0.4, 0.5) is 5.82 Å². The summed E-state index contributed by atoms with van der Waals surface area (Å²) in [5, 5.41) is 4.14. The van der Waals surface area contributed by atoms with Gasteiger partial charge in [-0.05, 0) is 37.6 Å². The van der Waals surface area contributed by atoms with E-state index >= 15 is 0 Å². The van der Waals surface area contributed by atoms with Gasteiger partial charge in [-0.15, -0.1) is 0 Å². The van der Waals surface area contributed by atoms with Crippen molar-refractivity contribution in [1.82, 2.24) is 15.3 Å². The second-order valence-electron chi connectivity index (χ2n) is 6.16. The number of benzene rings is 1. The minimum Gasteiger partial charge on any atom is -0.496 e. The van der Waals surface area contributed by atoms with Gasteiger partial charge in [0.05, 0.1) is 12.8 Å². The summed E-state index contributed by atoms with van der Waals surface area (Å²) in [4.78, 5) is 11.0. The van der Waals surface area contributed by atoms with Gasteiger partial charge in [0.1, 0.15) is 17.9 Å². The molecule has 0 aliphatic carbocycles. The molecule has 0 bridgehead atoms. The highest BCUT2D eigenvalue weighted by molar-refractivity contribution is 6.30. The van der Waals surface area contributed by atoms with Crippen LogP contribution in [-0.4, -0.2) is 37.2 Å². The van der Waals surface area contributed by atoms with Gasteiger partial charge in [0, 0.05) is 42.7 Å². The van der Waals surface area contributed by atoms with Crippen LogP contribution in [0.2, 0.25) is 5.02 Å². The predicted octanol–water partition coefficient (Wildman–Crippen LogP) is 3.24. The Morgan fingerprint density at radius 2 is 2.21 bits per heavy atom. The molecule has 0 unspecified atom stereocenters. The molecule has 2 aromatic rings. The summed E-state index contributed by atoms with van der Waals surface area (Å²) >= 11 is 6.12. The monoisotopic (exact) mass is 346 g/mol. The zero-order chi connectivity index (χ0) is 16.9. The molecule has 1 aromatic heterocycles. The van der Waals surface area contributed by atoms with E-state index in [1.54, 1.807) is 13.4 Å². The van der Waals surface area contributed by atoms with Crippen LogP contribution in [-0.2, 0) is 6.54 Å². The SMILES string of the molecule is COc1ccc(Cl)cc1CN(C)c1cc([C@H]2CCCNC2)ncn1. The number of anilines is 1. The number of halogens is 1. The highest BCUT2D eigenvalue weighted by atomic mass is 35.5. The maximum atomic E-state index is 6.12. The van der Waals surface area contributed by atoms with E-state index in [-0.39, 0.29) is 0 Å². The van der Waals surface area contributed by atoms with Gasteiger partial charge < -0.3 is 15.0 Å². The molecule has 1 aliphatic rings. The first-order valence-electron chi connectivity index (χ1n) is 8.23. The number of nitrogens with one attached hydrogen (secondary N) is 1. The van der Waals surface area contributed by atoms with E-state index in [0.29, 0.717) is 17.5 Å². The molecule has 2 heterocycles. The molecule has 1 fully saturated rings. The van der Waals surface area contributed by atoms with Crippen molar-refractivity contribution in [3.8, 4) is 5.75 Å². The second-order valence-corrected chi connectivity index (χ2v) is 6.59. The van der Waals surface area contributed by atoms with Crippen LogP contribution in [0.1, 0.15) is 30.0 Å². The van der Waals surface area contributed by atoms with Crippen LogP contribution in [0, 0.1) is 0 Å². The second kappa shape index (κ2) is 7.81. The Balaban J connectivity index is 1.77. The molecular formula is C18H23ClN4O. The molecule has 1 aliphatic heterocycles. The highest BCUT2D eigenvalue weighted by Crippen LogP contribution is 2.27. The summed E-state index contributed by atoms with van der Waals surface area (Å²) in [6.45, 7) is 2.76. The molecule has 1 saturated heterocycles. The van der Waals surface area contributed by atoms with Crippen LogP contribution in [0.25, 0.3) is 0 Å². The zero-order valence-electron chi connectivity index (χ0n) is 14.1. The van der Waals surface area contributed by atoms with Crippen molar-refractivity contribution < 1.29 is 4.74 Å². The first-order chi connectivity index (χ1) is 11.7. The highest BCUT2D eigenvalue weighted by Gasteiger charge is 2.18. The number of methoxy groups -OCH3 is 1. The minimum atomic E-state index is 0.467. The fourth-order valence-electron chi connectivity index (χ4n) is 3.11. The van der Waals surface area contributed by atoms with E-state index in [1.165, 1.54) is 12.8 Å². The summed E-state index contributed by atoms with van der Waals surface area (Å²) in [5.41, 5.74) is 2.14. The van der Waals surface area contributed by atoms with Crippen LogP contribution in [0.5, 0.6) is 5.75 Å². The van der Waals surface area contributed by atoms with Crippen LogP contribution in [0.15, 0.2) is 30.6 Å².